The average molecular weight is 481 g/mol. The molecule has 4 nitrogen and oxygen atoms in total. The molecule has 4 rings (SSSR count). The van der Waals surface area contributed by atoms with Gasteiger partial charge in [0.15, 0.2) is 5.16 Å². The normalized spacial score (nSPS) is 18.5. The summed E-state index contributed by atoms with van der Waals surface area (Å²) in [5.41, 5.74) is 2.18. The molecule has 0 N–H and O–H groups in total. The van der Waals surface area contributed by atoms with Crippen LogP contribution in [-0.2, 0) is 30.1 Å². The highest BCUT2D eigenvalue weighted by Crippen LogP contribution is 2.35. The number of fused-ring (bicyclic) bond motifs is 2. The maximum Gasteiger partial charge on any atom is 0.211 e. The maximum atomic E-state index is 13.3. The third kappa shape index (κ3) is 4.08. The molecule has 3 heterocycles. The van der Waals surface area contributed by atoms with E-state index in [1.165, 1.54) is 0 Å². The van der Waals surface area contributed by atoms with Crippen molar-refractivity contribution in [2.75, 3.05) is 0 Å². The Morgan fingerprint density at radius 2 is 2.20 bits per heavy atom. The number of aromatic nitrogens is 2. The first-order valence-electron chi connectivity index (χ1n) is 9.72. The van der Waals surface area contributed by atoms with E-state index in [9.17, 15) is 4.79 Å². The van der Waals surface area contributed by atoms with Gasteiger partial charge in [0, 0.05) is 29.2 Å². The van der Waals surface area contributed by atoms with E-state index < -0.39 is 0 Å². The highest BCUT2D eigenvalue weighted by molar-refractivity contribution is 7.98. The number of ether oxygens (including phenoxy) is 1. The van der Waals surface area contributed by atoms with E-state index >= 15 is 0 Å². The van der Waals surface area contributed by atoms with Crippen LogP contribution in [0.1, 0.15) is 36.3 Å². The molecule has 1 aliphatic heterocycles. The van der Waals surface area contributed by atoms with Gasteiger partial charge in [-0.2, -0.15) is 0 Å². The minimum absolute atomic E-state index is 0.0286. The number of rotatable bonds is 6. The second kappa shape index (κ2) is 8.67. The molecule has 2 aromatic heterocycles. The van der Waals surface area contributed by atoms with Gasteiger partial charge in [-0.05, 0) is 31.0 Å². The molecule has 0 fully saturated rings. The lowest BCUT2D eigenvalue weighted by molar-refractivity contribution is -0.0550. The standard InChI is InChI=1S/C22H22Cl2N2O2S2/c1-4-8-26-20-18(19(27)14-10-22(3,5-2)28-11-17(14)30-20)25-21(26)29-12-13-6-7-15(23)16(24)9-13/h4,6-7,9H,1,5,8,10-12H2,2-3H3. The summed E-state index contributed by atoms with van der Waals surface area (Å²) in [6, 6.07) is 5.61. The number of hydrogen-bond acceptors (Lipinski definition) is 5. The van der Waals surface area contributed by atoms with E-state index in [1.807, 2.05) is 18.2 Å². The van der Waals surface area contributed by atoms with Gasteiger partial charge in [-0.15, -0.1) is 17.9 Å². The van der Waals surface area contributed by atoms with Crippen LogP contribution in [0.2, 0.25) is 10.0 Å². The van der Waals surface area contributed by atoms with Crippen molar-refractivity contribution >= 4 is 56.6 Å². The Hall–Kier alpha value is -1.31. The summed E-state index contributed by atoms with van der Waals surface area (Å²) in [6.07, 6.45) is 3.32. The first-order valence-corrected chi connectivity index (χ1v) is 12.3. The number of thioether (sulfide) groups is 1. The van der Waals surface area contributed by atoms with Crippen molar-refractivity contribution in [3.05, 3.63) is 67.1 Å². The smallest absolute Gasteiger partial charge is 0.211 e. The summed E-state index contributed by atoms with van der Waals surface area (Å²) in [7, 11) is 0. The summed E-state index contributed by atoms with van der Waals surface area (Å²) >= 11 is 15.3. The highest BCUT2D eigenvalue weighted by atomic mass is 35.5. The Labute approximate surface area is 193 Å². The van der Waals surface area contributed by atoms with Crippen LogP contribution in [0.25, 0.3) is 10.3 Å². The van der Waals surface area contributed by atoms with Gasteiger partial charge in [-0.25, -0.2) is 4.98 Å². The van der Waals surface area contributed by atoms with Crippen LogP contribution < -0.4 is 5.43 Å². The van der Waals surface area contributed by atoms with Crippen molar-refractivity contribution in [1.29, 1.82) is 0 Å². The summed E-state index contributed by atoms with van der Waals surface area (Å²) in [5.74, 6) is 0.674. The van der Waals surface area contributed by atoms with Crippen LogP contribution in [0.5, 0.6) is 0 Å². The van der Waals surface area contributed by atoms with Crippen LogP contribution in [0.15, 0.2) is 40.8 Å². The fourth-order valence-corrected chi connectivity index (χ4v) is 5.96. The van der Waals surface area contributed by atoms with Gasteiger partial charge in [-0.1, -0.05) is 54.0 Å². The lowest BCUT2D eigenvalue weighted by Crippen LogP contribution is -2.37. The van der Waals surface area contributed by atoms with Gasteiger partial charge >= 0.3 is 0 Å². The Kier molecular flexibility index (Phi) is 6.33. The summed E-state index contributed by atoms with van der Waals surface area (Å²) in [4.78, 5) is 19.9. The van der Waals surface area contributed by atoms with E-state index in [0.29, 0.717) is 40.9 Å². The van der Waals surface area contributed by atoms with Crippen molar-refractivity contribution in [1.82, 2.24) is 9.55 Å². The molecule has 0 bridgehead atoms. The van der Waals surface area contributed by atoms with Gasteiger partial charge in [0.1, 0.15) is 10.3 Å². The second-order valence-electron chi connectivity index (χ2n) is 7.59. The van der Waals surface area contributed by atoms with Crippen LogP contribution in [0, 0.1) is 0 Å². The van der Waals surface area contributed by atoms with Gasteiger partial charge in [0.2, 0.25) is 5.43 Å². The fourth-order valence-electron chi connectivity index (χ4n) is 3.48. The predicted octanol–water partition coefficient (Wildman–Crippen LogP) is 6.48. The molecule has 0 amide bonds. The highest BCUT2D eigenvalue weighted by Gasteiger charge is 2.32. The quantitative estimate of drug-likeness (QED) is 0.298. The molecule has 8 heteroatoms. The van der Waals surface area contributed by atoms with Gasteiger partial charge in [0.25, 0.3) is 0 Å². The van der Waals surface area contributed by atoms with E-state index in [4.69, 9.17) is 32.9 Å². The molecule has 1 atom stereocenters. The van der Waals surface area contributed by atoms with Gasteiger partial charge < -0.3 is 9.30 Å². The third-order valence-corrected chi connectivity index (χ3v) is 8.45. The molecular formula is C22H22Cl2N2O2S2. The number of imidazole rings is 1. The van der Waals surface area contributed by atoms with Crippen LogP contribution in [0.4, 0.5) is 0 Å². The number of hydrogen-bond donors (Lipinski definition) is 0. The van der Waals surface area contributed by atoms with E-state index in [-0.39, 0.29) is 11.0 Å². The first-order chi connectivity index (χ1) is 14.3. The van der Waals surface area contributed by atoms with Crippen LogP contribution in [-0.4, -0.2) is 15.2 Å². The molecule has 1 aromatic carbocycles. The molecule has 1 aliphatic rings. The van der Waals surface area contributed by atoms with E-state index in [1.54, 1.807) is 29.2 Å². The zero-order chi connectivity index (χ0) is 21.5. The molecule has 1 unspecified atom stereocenters. The lowest BCUT2D eigenvalue weighted by atomic mass is 9.91. The first kappa shape index (κ1) is 21.9. The molecule has 3 aromatic rings. The molecule has 0 saturated carbocycles. The van der Waals surface area contributed by atoms with Crippen LogP contribution >= 0.6 is 46.3 Å². The van der Waals surface area contributed by atoms with Crippen molar-refractivity contribution in [2.24, 2.45) is 0 Å². The van der Waals surface area contributed by atoms with Gasteiger partial charge in [0.05, 0.1) is 22.3 Å². The number of allylic oxidation sites excluding steroid dienone is 1. The van der Waals surface area contributed by atoms with Crippen molar-refractivity contribution in [2.45, 2.75) is 56.4 Å². The molecule has 0 aliphatic carbocycles. The molecule has 158 valence electrons. The van der Waals surface area contributed by atoms with E-state index in [0.717, 1.165) is 32.4 Å². The molecule has 30 heavy (non-hydrogen) atoms. The van der Waals surface area contributed by atoms with E-state index in [2.05, 4.69) is 25.0 Å². The lowest BCUT2D eigenvalue weighted by Gasteiger charge is -2.33. The SMILES string of the molecule is C=CCn1c(SCc2ccc(Cl)c(Cl)c2)nc2c(=O)c3c(sc21)COC(C)(CC)C3. The number of halogens is 2. The number of nitrogens with zero attached hydrogens (tertiary/aromatic N) is 2. The molecule has 0 spiro atoms. The maximum absolute atomic E-state index is 13.3. The Morgan fingerprint density at radius 1 is 1.40 bits per heavy atom. The van der Waals surface area contributed by atoms with Gasteiger partial charge in [-0.3, -0.25) is 4.79 Å². The Bertz CT molecular complexity index is 1190. The average Bonchev–Trinajstić information content (AvgIpc) is 3.08. The molecule has 0 saturated heterocycles. The minimum atomic E-state index is -0.290. The number of benzene rings is 1. The minimum Gasteiger partial charge on any atom is -0.369 e. The van der Waals surface area contributed by atoms with Crippen molar-refractivity contribution in [3.63, 3.8) is 0 Å². The topological polar surface area (TPSA) is 44.1 Å². The summed E-state index contributed by atoms with van der Waals surface area (Å²) in [6.45, 7) is 9.09. The fraction of sp³-hybridized carbons (Fsp3) is 0.364. The Morgan fingerprint density at radius 3 is 2.90 bits per heavy atom. The third-order valence-electron chi connectivity index (χ3n) is 5.45. The van der Waals surface area contributed by atoms with Crippen molar-refractivity contribution < 1.29 is 4.74 Å². The molecule has 0 radical (unpaired) electrons. The summed E-state index contributed by atoms with van der Waals surface area (Å²) < 4.78 is 8.13. The monoisotopic (exact) mass is 480 g/mol. The van der Waals surface area contributed by atoms with Crippen LogP contribution in [0.3, 0.4) is 0 Å². The zero-order valence-corrected chi connectivity index (χ0v) is 20.0. The summed E-state index contributed by atoms with van der Waals surface area (Å²) in [5, 5.41) is 1.87. The predicted molar refractivity (Wildman–Crippen MR) is 127 cm³/mol. The Balaban J connectivity index is 1.74. The zero-order valence-electron chi connectivity index (χ0n) is 16.8. The second-order valence-corrected chi connectivity index (χ2v) is 10.4. The molecular weight excluding hydrogens is 459 g/mol. The largest absolute Gasteiger partial charge is 0.369 e. The van der Waals surface area contributed by atoms with Crippen molar-refractivity contribution in [3.8, 4) is 0 Å².